The minimum atomic E-state index is -0.289. The van der Waals surface area contributed by atoms with Gasteiger partial charge in [-0.3, -0.25) is 4.90 Å². The molecule has 0 bridgehead atoms. The number of benzene rings is 1. The van der Waals surface area contributed by atoms with Gasteiger partial charge in [-0.1, -0.05) is 12.1 Å². The number of rotatable bonds is 3. The smallest absolute Gasteiger partial charge is 0.414 e. The van der Waals surface area contributed by atoms with Crippen LogP contribution in [0.25, 0.3) is 0 Å². The lowest BCUT2D eigenvalue weighted by atomic mass is 10.2. The molecule has 0 aliphatic heterocycles. The molecule has 0 radical (unpaired) electrons. The van der Waals surface area contributed by atoms with Gasteiger partial charge in [-0.25, -0.2) is 4.79 Å². The molecule has 3 nitrogen and oxygen atoms in total. The molecule has 0 aliphatic rings. The van der Waals surface area contributed by atoms with Gasteiger partial charge in [0.1, 0.15) is 0 Å². The molecule has 0 saturated carbocycles. The number of aryl methyl sites for hydroxylation is 1. The van der Waals surface area contributed by atoms with Crippen LogP contribution in [0.5, 0.6) is 0 Å². The third-order valence-electron chi connectivity index (χ3n) is 2.19. The van der Waals surface area contributed by atoms with Crippen LogP contribution in [0.4, 0.5) is 10.5 Å². The molecule has 1 aromatic carbocycles. The highest BCUT2D eigenvalue weighted by Crippen LogP contribution is 2.17. The summed E-state index contributed by atoms with van der Waals surface area (Å²) in [6, 6.07) is 7.84. The minimum Gasteiger partial charge on any atom is -0.446 e. The monoisotopic (exact) mass is 221 g/mol. The molecule has 0 saturated heterocycles. The maximum absolute atomic E-state index is 11.8. The van der Waals surface area contributed by atoms with Crippen LogP contribution in [0, 0.1) is 6.92 Å². The second-order valence-corrected chi connectivity index (χ2v) is 4.02. The second-order valence-electron chi connectivity index (χ2n) is 4.02. The number of ether oxygens (including phenoxy) is 1. The Labute approximate surface area is 97.0 Å². The van der Waals surface area contributed by atoms with Gasteiger partial charge in [0.05, 0.1) is 6.10 Å². The zero-order valence-corrected chi connectivity index (χ0v) is 10.4. The molecule has 0 N–H and O–H groups in total. The number of hydrogen-bond acceptors (Lipinski definition) is 2. The summed E-state index contributed by atoms with van der Waals surface area (Å²) in [5.74, 6) is 0. The zero-order valence-electron chi connectivity index (χ0n) is 10.4. The van der Waals surface area contributed by atoms with Crippen LogP contribution in [-0.2, 0) is 4.74 Å². The molecule has 88 valence electrons. The summed E-state index contributed by atoms with van der Waals surface area (Å²) in [7, 11) is 0. The molecule has 0 aromatic heterocycles. The number of carbonyl (C=O) groups excluding carboxylic acids is 1. The molecule has 0 aliphatic carbocycles. The van der Waals surface area contributed by atoms with Crippen LogP contribution in [0.2, 0.25) is 0 Å². The Morgan fingerprint density at radius 3 is 2.62 bits per heavy atom. The largest absolute Gasteiger partial charge is 0.446 e. The van der Waals surface area contributed by atoms with E-state index in [1.54, 1.807) is 4.90 Å². The van der Waals surface area contributed by atoms with Gasteiger partial charge in [-0.05, 0) is 45.4 Å². The van der Waals surface area contributed by atoms with Crippen LogP contribution in [-0.4, -0.2) is 18.7 Å². The van der Waals surface area contributed by atoms with Crippen molar-refractivity contribution in [3.63, 3.8) is 0 Å². The van der Waals surface area contributed by atoms with Crippen LogP contribution in [0.3, 0.4) is 0 Å². The lowest BCUT2D eigenvalue weighted by molar-refractivity contribution is 0.123. The first kappa shape index (κ1) is 12.6. The molecule has 1 rings (SSSR count). The molecule has 1 aromatic rings. The van der Waals surface area contributed by atoms with Crippen molar-refractivity contribution in [1.82, 2.24) is 0 Å². The third-order valence-corrected chi connectivity index (χ3v) is 2.19. The average Bonchev–Trinajstić information content (AvgIpc) is 2.17. The Hall–Kier alpha value is -1.51. The van der Waals surface area contributed by atoms with E-state index in [4.69, 9.17) is 4.74 Å². The van der Waals surface area contributed by atoms with E-state index in [0.29, 0.717) is 6.54 Å². The Bertz CT molecular complexity index is 361. The quantitative estimate of drug-likeness (QED) is 0.783. The van der Waals surface area contributed by atoms with Gasteiger partial charge >= 0.3 is 6.09 Å². The van der Waals surface area contributed by atoms with E-state index in [1.165, 1.54) is 0 Å². The maximum atomic E-state index is 11.8. The van der Waals surface area contributed by atoms with Crippen molar-refractivity contribution in [2.75, 3.05) is 11.4 Å². The van der Waals surface area contributed by atoms with Crippen LogP contribution in [0.15, 0.2) is 24.3 Å². The molecule has 1 amide bonds. The normalized spacial score (nSPS) is 10.3. The molecule has 16 heavy (non-hydrogen) atoms. The van der Waals surface area contributed by atoms with Crippen LogP contribution >= 0.6 is 0 Å². The van der Waals surface area contributed by atoms with Gasteiger partial charge < -0.3 is 4.74 Å². The van der Waals surface area contributed by atoms with Gasteiger partial charge in [0.25, 0.3) is 0 Å². The summed E-state index contributed by atoms with van der Waals surface area (Å²) in [6.07, 6.45) is -0.380. The fourth-order valence-corrected chi connectivity index (χ4v) is 1.48. The Kier molecular flexibility index (Phi) is 4.35. The van der Waals surface area contributed by atoms with Crippen molar-refractivity contribution < 1.29 is 9.53 Å². The van der Waals surface area contributed by atoms with E-state index in [2.05, 4.69) is 0 Å². The molecule has 0 atom stereocenters. The third kappa shape index (κ3) is 3.26. The number of anilines is 1. The summed E-state index contributed by atoms with van der Waals surface area (Å²) in [5.41, 5.74) is 2.02. The summed E-state index contributed by atoms with van der Waals surface area (Å²) in [4.78, 5) is 13.4. The number of nitrogens with zero attached hydrogens (tertiary/aromatic N) is 1. The molecule has 0 heterocycles. The van der Waals surface area contributed by atoms with E-state index in [1.807, 2.05) is 52.0 Å². The Balaban J connectivity index is 2.85. The topological polar surface area (TPSA) is 29.5 Å². The van der Waals surface area contributed by atoms with Crippen molar-refractivity contribution in [1.29, 1.82) is 0 Å². The minimum absolute atomic E-state index is 0.0913. The van der Waals surface area contributed by atoms with Crippen molar-refractivity contribution in [2.45, 2.75) is 33.8 Å². The van der Waals surface area contributed by atoms with Crippen LogP contribution in [0.1, 0.15) is 26.3 Å². The fourth-order valence-electron chi connectivity index (χ4n) is 1.48. The van der Waals surface area contributed by atoms with E-state index >= 15 is 0 Å². The Morgan fingerprint density at radius 1 is 1.44 bits per heavy atom. The molecule has 3 heteroatoms. The predicted molar refractivity (Wildman–Crippen MR) is 65.8 cm³/mol. The van der Waals surface area contributed by atoms with Crippen molar-refractivity contribution in [3.8, 4) is 0 Å². The molecule has 0 unspecified atom stereocenters. The van der Waals surface area contributed by atoms with Crippen molar-refractivity contribution in [3.05, 3.63) is 29.8 Å². The van der Waals surface area contributed by atoms with Crippen LogP contribution < -0.4 is 4.90 Å². The van der Waals surface area contributed by atoms with E-state index in [0.717, 1.165) is 11.3 Å². The van der Waals surface area contributed by atoms with Crippen molar-refractivity contribution >= 4 is 11.8 Å². The molecule has 0 fully saturated rings. The lowest BCUT2D eigenvalue weighted by Crippen LogP contribution is -2.32. The van der Waals surface area contributed by atoms with E-state index in [-0.39, 0.29) is 12.2 Å². The van der Waals surface area contributed by atoms with E-state index < -0.39 is 0 Å². The number of amides is 1. The highest BCUT2D eigenvalue weighted by molar-refractivity contribution is 5.87. The molecular weight excluding hydrogens is 202 g/mol. The molecule has 0 spiro atoms. The van der Waals surface area contributed by atoms with Gasteiger partial charge in [0.15, 0.2) is 0 Å². The standard InChI is InChI=1S/C13H19NO2/c1-5-14(13(15)16-10(2)3)12-8-6-7-11(4)9-12/h6-10H,5H2,1-4H3. The van der Waals surface area contributed by atoms with Gasteiger partial charge in [0.2, 0.25) is 0 Å². The first-order valence-electron chi connectivity index (χ1n) is 5.59. The maximum Gasteiger partial charge on any atom is 0.414 e. The summed E-state index contributed by atoms with van der Waals surface area (Å²) >= 11 is 0. The summed E-state index contributed by atoms with van der Waals surface area (Å²) < 4.78 is 5.18. The summed E-state index contributed by atoms with van der Waals surface area (Å²) in [6.45, 7) is 8.24. The fraction of sp³-hybridized carbons (Fsp3) is 0.462. The van der Waals surface area contributed by atoms with Gasteiger partial charge in [-0.15, -0.1) is 0 Å². The second kappa shape index (κ2) is 5.54. The lowest BCUT2D eigenvalue weighted by Gasteiger charge is -2.22. The Morgan fingerprint density at radius 2 is 2.12 bits per heavy atom. The highest BCUT2D eigenvalue weighted by Gasteiger charge is 2.16. The molecular formula is C13H19NO2. The van der Waals surface area contributed by atoms with Crippen molar-refractivity contribution in [2.24, 2.45) is 0 Å². The summed E-state index contributed by atoms with van der Waals surface area (Å²) in [5, 5.41) is 0. The van der Waals surface area contributed by atoms with Gasteiger partial charge in [-0.2, -0.15) is 0 Å². The SMILES string of the molecule is CCN(C(=O)OC(C)C)c1cccc(C)c1. The first-order valence-corrected chi connectivity index (χ1v) is 5.59. The number of hydrogen-bond donors (Lipinski definition) is 0. The highest BCUT2D eigenvalue weighted by atomic mass is 16.6. The number of carbonyl (C=O) groups is 1. The zero-order chi connectivity index (χ0) is 12.1. The first-order chi connectivity index (χ1) is 7.54. The predicted octanol–water partition coefficient (Wildman–Crippen LogP) is 3.37. The van der Waals surface area contributed by atoms with E-state index in [9.17, 15) is 4.79 Å². The van der Waals surface area contributed by atoms with Gasteiger partial charge in [0, 0.05) is 12.2 Å². The average molecular weight is 221 g/mol.